The zero-order valence-electron chi connectivity index (χ0n) is 13.6. The fourth-order valence-corrected chi connectivity index (χ4v) is 2.13. The van der Waals surface area contributed by atoms with Crippen molar-refractivity contribution < 1.29 is 0 Å². The molecule has 0 aliphatic heterocycles. The molecule has 5 heteroatoms. The second-order valence-electron chi connectivity index (χ2n) is 6.19. The van der Waals surface area contributed by atoms with Crippen molar-refractivity contribution in [2.75, 3.05) is 11.9 Å². The van der Waals surface area contributed by atoms with Crippen molar-refractivity contribution in [3.63, 3.8) is 0 Å². The van der Waals surface area contributed by atoms with Crippen LogP contribution in [-0.2, 0) is 12.0 Å². The van der Waals surface area contributed by atoms with E-state index in [9.17, 15) is 0 Å². The quantitative estimate of drug-likeness (QED) is 0.914. The molecule has 0 saturated heterocycles. The van der Waals surface area contributed by atoms with Crippen LogP contribution in [0.15, 0.2) is 18.5 Å². The van der Waals surface area contributed by atoms with Crippen LogP contribution in [0.25, 0.3) is 11.5 Å². The van der Waals surface area contributed by atoms with Gasteiger partial charge in [0.15, 0.2) is 5.82 Å². The minimum atomic E-state index is -0.0949. The maximum atomic E-state index is 4.74. The van der Waals surface area contributed by atoms with Crippen molar-refractivity contribution in [1.82, 2.24) is 19.5 Å². The molecule has 2 heterocycles. The van der Waals surface area contributed by atoms with Gasteiger partial charge in [-0.05, 0) is 13.3 Å². The van der Waals surface area contributed by atoms with E-state index in [0.717, 1.165) is 42.7 Å². The van der Waals surface area contributed by atoms with E-state index in [1.54, 1.807) is 0 Å². The third-order valence-corrected chi connectivity index (χ3v) is 3.16. The van der Waals surface area contributed by atoms with Gasteiger partial charge in [-0.25, -0.2) is 15.0 Å². The zero-order valence-corrected chi connectivity index (χ0v) is 13.6. The fraction of sp³-hybridized carbons (Fsp3) is 0.562. The number of nitrogens with zero attached hydrogens (tertiary/aromatic N) is 4. The van der Waals surface area contributed by atoms with Crippen molar-refractivity contribution in [3.8, 4) is 11.5 Å². The van der Waals surface area contributed by atoms with Crippen LogP contribution in [0.3, 0.4) is 0 Å². The molecule has 2 aromatic rings. The molecule has 5 nitrogen and oxygen atoms in total. The number of rotatable bonds is 5. The van der Waals surface area contributed by atoms with Gasteiger partial charge in [0.2, 0.25) is 0 Å². The summed E-state index contributed by atoms with van der Waals surface area (Å²) >= 11 is 0. The molecule has 0 radical (unpaired) electrons. The maximum Gasteiger partial charge on any atom is 0.158 e. The Bertz CT molecular complexity index is 595. The molecular weight excluding hydrogens is 262 g/mol. The third-order valence-electron chi connectivity index (χ3n) is 3.16. The number of imidazole rings is 1. The largest absolute Gasteiger partial charge is 0.370 e. The summed E-state index contributed by atoms with van der Waals surface area (Å²) in [5.41, 5.74) is 0.784. The molecule has 0 unspecified atom stereocenters. The van der Waals surface area contributed by atoms with Gasteiger partial charge in [0.05, 0.1) is 0 Å². The lowest BCUT2D eigenvalue weighted by Gasteiger charge is -2.19. The summed E-state index contributed by atoms with van der Waals surface area (Å²) in [5, 5.41) is 3.29. The maximum absolute atomic E-state index is 4.74. The molecule has 0 bridgehead atoms. The highest BCUT2D eigenvalue weighted by Gasteiger charge is 2.20. The highest BCUT2D eigenvalue weighted by Crippen LogP contribution is 2.24. The Morgan fingerprint density at radius 3 is 2.57 bits per heavy atom. The minimum absolute atomic E-state index is 0.0949. The highest BCUT2D eigenvalue weighted by molar-refractivity contribution is 5.56. The van der Waals surface area contributed by atoms with Crippen LogP contribution in [0.4, 0.5) is 5.82 Å². The molecule has 21 heavy (non-hydrogen) atoms. The number of nitrogens with one attached hydrogen (secondary N) is 1. The van der Waals surface area contributed by atoms with Crippen LogP contribution in [0.5, 0.6) is 0 Å². The summed E-state index contributed by atoms with van der Waals surface area (Å²) in [6, 6.07) is 1.98. The first-order chi connectivity index (χ1) is 9.95. The zero-order chi connectivity index (χ0) is 15.5. The molecular formula is C16H25N5. The molecule has 0 spiro atoms. The predicted octanol–water partition coefficient (Wildman–Crippen LogP) is 3.48. The van der Waals surface area contributed by atoms with E-state index in [1.807, 2.05) is 18.5 Å². The molecule has 2 rings (SSSR count). The highest BCUT2D eigenvalue weighted by atomic mass is 15.1. The smallest absolute Gasteiger partial charge is 0.158 e. The molecule has 0 aromatic carbocycles. The number of hydrogen-bond acceptors (Lipinski definition) is 4. The van der Waals surface area contributed by atoms with Gasteiger partial charge < -0.3 is 9.88 Å². The number of anilines is 1. The van der Waals surface area contributed by atoms with E-state index in [-0.39, 0.29) is 5.41 Å². The number of aryl methyl sites for hydroxylation is 1. The average Bonchev–Trinajstić information content (AvgIpc) is 2.86. The van der Waals surface area contributed by atoms with Crippen molar-refractivity contribution in [2.45, 2.75) is 53.0 Å². The lowest BCUT2D eigenvalue weighted by Crippen LogP contribution is -2.18. The van der Waals surface area contributed by atoms with E-state index < -0.39 is 0 Å². The SMILES string of the molecule is CCCn1ccnc1-c1cc(NCC)nc(C(C)(C)C)n1. The monoisotopic (exact) mass is 287 g/mol. The molecule has 114 valence electrons. The summed E-state index contributed by atoms with van der Waals surface area (Å²) in [5.74, 6) is 2.60. The molecule has 0 aliphatic carbocycles. The molecule has 0 saturated carbocycles. The van der Waals surface area contributed by atoms with Gasteiger partial charge >= 0.3 is 0 Å². The predicted molar refractivity (Wildman–Crippen MR) is 86.4 cm³/mol. The standard InChI is InChI=1S/C16H25N5/c1-6-9-21-10-8-18-14(21)12-11-13(17-7-2)20-15(19-12)16(3,4)5/h8,10-11H,6-7,9H2,1-5H3,(H,17,19,20). The topological polar surface area (TPSA) is 55.6 Å². The van der Waals surface area contributed by atoms with Crippen LogP contribution in [-0.4, -0.2) is 26.1 Å². The van der Waals surface area contributed by atoms with E-state index in [4.69, 9.17) is 4.98 Å². The lowest BCUT2D eigenvalue weighted by atomic mass is 9.95. The summed E-state index contributed by atoms with van der Waals surface area (Å²) in [7, 11) is 0. The van der Waals surface area contributed by atoms with E-state index >= 15 is 0 Å². The van der Waals surface area contributed by atoms with Crippen molar-refractivity contribution in [3.05, 3.63) is 24.3 Å². The third kappa shape index (κ3) is 3.60. The van der Waals surface area contributed by atoms with Gasteiger partial charge in [-0.15, -0.1) is 0 Å². The molecule has 2 aromatic heterocycles. The molecule has 0 fully saturated rings. The molecule has 0 atom stereocenters. The van der Waals surface area contributed by atoms with Gasteiger partial charge in [-0.1, -0.05) is 27.7 Å². The van der Waals surface area contributed by atoms with Crippen LogP contribution < -0.4 is 5.32 Å². The van der Waals surface area contributed by atoms with Crippen molar-refractivity contribution in [2.24, 2.45) is 0 Å². The Labute approximate surface area is 126 Å². The van der Waals surface area contributed by atoms with Gasteiger partial charge in [-0.3, -0.25) is 0 Å². The second-order valence-corrected chi connectivity index (χ2v) is 6.19. The van der Waals surface area contributed by atoms with E-state index in [2.05, 4.69) is 54.5 Å². The van der Waals surface area contributed by atoms with Gasteiger partial charge in [0.1, 0.15) is 17.3 Å². The second kappa shape index (κ2) is 6.24. The normalized spacial score (nSPS) is 11.7. The first-order valence-electron chi connectivity index (χ1n) is 7.60. The Morgan fingerprint density at radius 1 is 1.19 bits per heavy atom. The summed E-state index contributed by atoms with van der Waals surface area (Å²) in [4.78, 5) is 13.8. The minimum Gasteiger partial charge on any atom is -0.370 e. The van der Waals surface area contributed by atoms with Crippen LogP contribution in [0.1, 0.15) is 46.9 Å². The molecule has 0 aliphatic rings. The van der Waals surface area contributed by atoms with E-state index in [0.29, 0.717) is 0 Å². The first-order valence-corrected chi connectivity index (χ1v) is 7.60. The molecule has 0 amide bonds. The van der Waals surface area contributed by atoms with Gasteiger partial charge in [-0.2, -0.15) is 0 Å². The van der Waals surface area contributed by atoms with Gasteiger partial charge in [0.25, 0.3) is 0 Å². The first kappa shape index (κ1) is 15.5. The van der Waals surface area contributed by atoms with Crippen molar-refractivity contribution in [1.29, 1.82) is 0 Å². The number of hydrogen-bond donors (Lipinski definition) is 1. The lowest BCUT2D eigenvalue weighted by molar-refractivity contribution is 0.546. The Morgan fingerprint density at radius 2 is 1.95 bits per heavy atom. The van der Waals surface area contributed by atoms with Crippen LogP contribution in [0, 0.1) is 0 Å². The van der Waals surface area contributed by atoms with Gasteiger partial charge in [0, 0.05) is 37.0 Å². The Kier molecular flexibility index (Phi) is 4.60. The summed E-state index contributed by atoms with van der Waals surface area (Å²) in [6.07, 6.45) is 4.90. The molecule has 1 N–H and O–H groups in total. The number of aromatic nitrogens is 4. The van der Waals surface area contributed by atoms with Crippen molar-refractivity contribution >= 4 is 5.82 Å². The van der Waals surface area contributed by atoms with Crippen LogP contribution >= 0.6 is 0 Å². The Hall–Kier alpha value is -1.91. The average molecular weight is 287 g/mol. The fourth-order valence-electron chi connectivity index (χ4n) is 2.13. The summed E-state index contributed by atoms with van der Waals surface area (Å²) < 4.78 is 2.14. The Balaban J connectivity index is 2.51. The van der Waals surface area contributed by atoms with E-state index in [1.165, 1.54) is 0 Å². The van der Waals surface area contributed by atoms with Crippen LogP contribution in [0.2, 0.25) is 0 Å². The summed E-state index contributed by atoms with van der Waals surface area (Å²) in [6.45, 7) is 12.4.